The Labute approximate surface area is 139 Å². The highest BCUT2D eigenvalue weighted by Gasteiger charge is 2.23. The first-order chi connectivity index (χ1) is 11.5. The molecule has 0 saturated heterocycles. The number of methoxy groups -OCH3 is 1. The number of carbonyl (C=O) groups excluding carboxylic acids is 1. The van der Waals surface area contributed by atoms with Crippen molar-refractivity contribution in [2.75, 3.05) is 7.11 Å². The first-order valence-electron chi connectivity index (χ1n) is 7.53. The van der Waals surface area contributed by atoms with Gasteiger partial charge in [0.15, 0.2) is 6.10 Å². The van der Waals surface area contributed by atoms with E-state index < -0.39 is 29.7 Å². The van der Waals surface area contributed by atoms with Crippen molar-refractivity contribution in [1.82, 2.24) is 5.32 Å². The summed E-state index contributed by atoms with van der Waals surface area (Å²) in [6.07, 6.45) is -1.09. The maximum absolute atomic E-state index is 13.9. The molecule has 0 aliphatic carbocycles. The molecule has 2 N–H and O–H groups in total. The standard InChI is InChI=1S/C18H19F2NO3/c1-3-16(14-10-12(19)7-8-15(14)20)21-18(23)17(22)11-5-4-6-13(9-11)24-2/h4-10,16-17,22H,3H2,1-2H3,(H,21,23). The first-order valence-corrected chi connectivity index (χ1v) is 7.53. The van der Waals surface area contributed by atoms with Gasteiger partial charge in [-0.15, -0.1) is 0 Å². The molecule has 0 bridgehead atoms. The molecule has 0 spiro atoms. The highest BCUT2D eigenvalue weighted by molar-refractivity contribution is 5.82. The first kappa shape index (κ1) is 17.9. The normalized spacial score (nSPS) is 13.2. The Kier molecular flexibility index (Phi) is 5.87. The lowest BCUT2D eigenvalue weighted by Gasteiger charge is -2.20. The minimum atomic E-state index is -1.44. The quantitative estimate of drug-likeness (QED) is 0.852. The number of benzene rings is 2. The van der Waals surface area contributed by atoms with Crippen LogP contribution >= 0.6 is 0 Å². The van der Waals surface area contributed by atoms with Crippen LogP contribution in [-0.2, 0) is 4.79 Å². The number of rotatable bonds is 6. The average molecular weight is 335 g/mol. The fourth-order valence-electron chi connectivity index (χ4n) is 2.40. The van der Waals surface area contributed by atoms with Gasteiger partial charge in [0.2, 0.25) is 0 Å². The number of amides is 1. The number of nitrogens with one attached hydrogen (secondary N) is 1. The van der Waals surface area contributed by atoms with Crippen molar-refractivity contribution >= 4 is 5.91 Å². The molecule has 1 amide bonds. The lowest BCUT2D eigenvalue weighted by atomic mass is 10.0. The average Bonchev–Trinajstić information content (AvgIpc) is 2.61. The molecule has 128 valence electrons. The van der Waals surface area contributed by atoms with Crippen LogP contribution in [0.1, 0.15) is 36.6 Å². The van der Waals surface area contributed by atoms with Gasteiger partial charge in [0.25, 0.3) is 5.91 Å². The molecule has 2 rings (SSSR count). The molecule has 0 saturated carbocycles. The number of aliphatic hydroxyl groups excluding tert-OH is 1. The summed E-state index contributed by atoms with van der Waals surface area (Å²) in [7, 11) is 1.48. The Morgan fingerprint density at radius 1 is 1.25 bits per heavy atom. The monoisotopic (exact) mass is 335 g/mol. The molecule has 2 aromatic carbocycles. The van der Waals surface area contributed by atoms with Gasteiger partial charge in [0, 0.05) is 5.56 Å². The third-order valence-corrected chi connectivity index (χ3v) is 3.72. The van der Waals surface area contributed by atoms with Crippen LogP contribution in [0.25, 0.3) is 0 Å². The summed E-state index contributed by atoms with van der Waals surface area (Å²) in [6, 6.07) is 8.77. The molecule has 0 fully saturated rings. The topological polar surface area (TPSA) is 58.6 Å². The summed E-state index contributed by atoms with van der Waals surface area (Å²) >= 11 is 0. The Morgan fingerprint density at radius 2 is 2.00 bits per heavy atom. The minimum absolute atomic E-state index is 0.0451. The molecular formula is C18H19F2NO3. The van der Waals surface area contributed by atoms with Crippen molar-refractivity contribution in [2.45, 2.75) is 25.5 Å². The molecule has 0 aromatic heterocycles. The van der Waals surface area contributed by atoms with E-state index in [0.717, 1.165) is 18.2 Å². The van der Waals surface area contributed by atoms with Gasteiger partial charge in [-0.05, 0) is 42.3 Å². The van der Waals surface area contributed by atoms with Crippen LogP contribution in [-0.4, -0.2) is 18.1 Å². The van der Waals surface area contributed by atoms with E-state index in [1.54, 1.807) is 25.1 Å². The molecular weight excluding hydrogens is 316 g/mol. The maximum atomic E-state index is 13.9. The van der Waals surface area contributed by atoms with E-state index in [9.17, 15) is 18.7 Å². The van der Waals surface area contributed by atoms with E-state index in [2.05, 4.69) is 5.32 Å². The van der Waals surface area contributed by atoms with Crippen LogP contribution in [0.5, 0.6) is 5.75 Å². The molecule has 24 heavy (non-hydrogen) atoms. The smallest absolute Gasteiger partial charge is 0.253 e. The van der Waals surface area contributed by atoms with Gasteiger partial charge in [0.05, 0.1) is 13.2 Å². The second-order valence-electron chi connectivity index (χ2n) is 5.31. The summed E-state index contributed by atoms with van der Waals surface area (Å²) < 4.78 is 32.3. The Bertz CT molecular complexity index is 721. The zero-order chi connectivity index (χ0) is 17.7. The zero-order valence-electron chi connectivity index (χ0n) is 13.4. The van der Waals surface area contributed by atoms with Crippen LogP contribution < -0.4 is 10.1 Å². The maximum Gasteiger partial charge on any atom is 0.253 e. The minimum Gasteiger partial charge on any atom is -0.497 e. The SMILES string of the molecule is CCC(NC(=O)C(O)c1cccc(OC)c1)c1cc(F)ccc1F. The summed E-state index contributed by atoms with van der Waals surface area (Å²) in [5.74, 6) is -1.40. The van der Waals surface area contributed by atoms with Crippen molar-refractivity contribution in [3.05, 3.63) is 65.2 Å². The van der Waals surface area contributed by atoms with Gasteiger partial charge in [-0.2, -0.15) is 0 Å². The Morgan fingerprint density at radius 3 is 2.67 bits per heavy atom. The van der Waals surface area contributed by atoms with Crippen LogP contribution in [0.4, 0.5) is 8.78 Å². The van der Waals surface area contributed by atoms with Gasteiger partial charge in [-0.25, -0.2) is 8.78 Å². The van der Waals surface area contributed by atoms with Gasteiger partial charge in [-0.3, -0.25) is 4.79 Å². The predicted molar refractivity (Wildman–Crippen MR) is 85.5 cm³/mol. The molecule has 0 heterocycles. The van der Waals surface area contributed by atoms with E-state index in [-0.39, 0.29) is 5.56 Å². The van der Waals surface area contributed by atoms with Crippen molar-refractivity contribution in [2.24, 2.45) is 0 Å². The van der Waals surface area contributed by atoms with Gasteiger partial charge in [0.1, 0.15) is 17.4 Å². The number of hydrogen-bond donors (Lipinski definition) is 2. The van der Waals surface area contributed by atoms with E-state index >= 15 is 0 Å². The summed E-state index contributed by atoms with van der Waals surface area (Å²) in [6.45, 7) is 1.73. The Hall–Kier alpha value is -2.47. The number of ether oxygens (including phenoxy) is 1. The highest BCUT2D eigenvalue weighted by Crippen LogP contribution is 2.24. The molecule has 0 aliphatic heterocycles. The summed E-state index contributed by atoms with van der Waals surface area (Å²) in [5.41, 5.74) is 0.394. The van der Waals surface area contributed by atoms with E-state index in [1.807, 2.05) is 0 Å². The van der Waals surface area contributed by atoms with Gasteiger partial charge < -0.3 is 15.2 Å². The third-order valence-electron chi connectivity index (χ3n) is 3.72. The van der Waals surface area contributed by atoms with Crippen LogP contribution in [0.3, 0.4) is 0 Å². The van der Waals surface area contributed by atoms with Crippen LogP contribution in [0, 0.1) is 11.6 Å². The number of carbonyl (C=O) groups is 1. The largest absolute Gasteiger partial charge is 0.497 e. The Balaban J connectivity index is 2.18. The van der Waals surface area contributed by atoms with Crippen molar-refractivity contribution in [3.63, 3.8) is 0 Å². The highest BCUT2D eigenvalue weighted by atomic mass is 19.1. The molecule has 0 aliphatic rings. The van der Waals surface area contributed by atoms with Crippen LogP contribution in [0.2, 0.25) is 0 Å². The molecule has 4 nitrogen and oxygen atoms in total. The predicted octanol–water partition coefficient (Wildman–Crippen LogP) is 3.27. The molecule has 2 unspecified atom stereocenters. The summed E-state index contributed by atoms with van der Waals surface area (Å²) in [5, 5.41) is 12.7. The van der Waals surface area contributed by atoms with Crippen LogP contribution in [0.15, 0.2) is 42.5 Å². The number of hydrogen-bond acceptors (Lipinski definition) is 3. The van der Waals surface area contributed by atoms with Crippen molar-refractivity contribution < 1.29 is 23.4 Å². The van der Waals surface area contributed by atoms with Crippen molar-refractivity contribution in [1.29, 1.82) is 0 Å². The lowest BCUT2D eigenvalue weighted by Crippen LogP contribution is -2.33. The van der Waals surface area contributed by atoms with Gasteiger partial charge in [-0.1, -0.05) is 19.1 Å². The molecule has 2 atom stereocenters. The fraction of sp³-hybridized carbons (Fsp3) is 0.278. The van der Waals surface area contributed by atoms with Gasteiger partial charge >= 0.3 is 0 Å². The van der Waals surface area contributed by atoms with E-state index in [1.165, 1.54) is 13.2 Å². The molecule has 0 radical (unpaired) electrons. The lowest BCUT2D eigenvalue weighted by molar-refractivity contribution is -0.130. The molecule has 6 heteroatoms. The number of aliphatic hydroxyl groups is 1. The van der Waals surface area contributed by atoms with Crippen molar-refractivity contribution in [3.8, 4) is 5.75 Å². The number of halogens is 2. The zero-order valence-corrected chi connectivity index (χ0v) is 13.4. The van der Waals surface area contributed by atoms with E-state index in [4.69, 9.17) is 4.74 Å². The third kappa shape index (κ3) is 4.08. The molecule has 2 aromatic rings. The fourth-order valence-corrected chi connectivity index (χ4v) is 2.40. The second-order valence-corrected chi connectivity index (χ2v) is 5.31. The van der Waals surface area contributed by atoms with E-state index in [0.29, 0.717) is 17.7 Å². The summed E-state index contributed by atoms with van der Waals surface area (Å²) in [4.78, 5) is 12.3. The second kappa shape index (κ2) is 7.88.